The predicted molar refractivity (Wildman–Crippen MR) is 153 cm³/mol. The molecule has 0 aliphatic carbocycles. The zero-order valence-corrected chi connectivity index (χ0v) is 23.3. The smallest absolute Gasteiger partial charge is 0.211 e. The van der Waals surface area contributed by atoms with E-state index in [4.69, 9.17) is 28.4 Å². The quantitative estimate of drug-likeness (QED) is 0.185. The monoisotopic (exact) mass is 528 g/mol. The Kier molecular flexibility index (Phi) is 9.57. The molecule has 6 heteroatoms. The van der Waals surface area contributed by atoms with Gasteiger partial charge in [0.1, 0.15) is 23.0 Å². The Morgan fingerprint density at radius 1 is 0.410 bits per heavy atom. The van der Waals surface area contributed by atoms with E-state index in [0.717, 1.165) is 54.1 Å². The molecule has 0 aliphatic heterocycles. The molecule has 4 aromatic carbocycles. The minimum absolute atomic E-state index is 0.527. The maximum Gasteiger partial charge on any atom is 0.211 e. The Labute approximate surface area is 231 Å². The van der Waals surface area contributed by atoms with Gasteiger partial charge in [0.25, 0.3) is 0 Å². The Balaban J connectivity index is 1.53. The fourth-order valence-electron chi connectivity index (χ4n) is 4.45. The fourth-order valence-corrected chi connectivity index (χ4v) is 4.45. The molecule has 4 aromatic rings. The summed E-state index contributed by atoms with van der Waals surface area (Å²) in [7, 11) is 8.29. The second kappa shape index (κ2) is 13.5. The molecule has 0 unspecified atom stereocenters. The van der Waals surface area contributed by atoms with Gasteiger partial charge in [-0.25, -0.2) is 0 Å². The van der Waals surface area contributed by atoms with Crippen LogP contribution in [0.15, 0.2) is 78.9 Å². The van der Waals surface area contributed by atoms with Crippen molar-refractivity contribution in [3.05, 3.63) is 101 Å². The summed E-state index contributed by atoms with van der Waals surface area (Å²) >= 11 is 0. The van der Waals surface area contributed by atoms with Gasteiger partial charge in [0.2, 0.25) is 5.75 Å². The van der Waals surface area contributed by atoms with E-state index in [9.17, 15) is 0 Å². The van der Waals surface area contributed by atoms with Crippen molar-refractivity contribution >= 4 is 0 Å². The van der Waals surface area contributed by atoms with Crippen LogP contribution in [0.2, 0.25) is 0 Å². The van der Waals surface area contributed by atoms with Gasteiger partial charge < -0.3 is 28.4 Å². The van der Waals surface area contributed by atoms with Crippen molar-refractivity contribution in [2.75, 3.05) is 35.5 Å². The summed E-state index contributed by atoms with van der Waals surface area (Å²) in [5.41, 5.74) is 4.62. The van der Waals surface area contributed by atoms with Gasteiger partial charge in [-0.15, -0.1) is 0 Å². The maximum absolute atomic E-state index is 6.37. The molecule has 0 spiro atoms. The normalized spacial score (nSPS) is 10.6. The highest BCUT2D eigenvalue weighted by Crippen LogP contribution is 2.42. The first kappa shape index (κ1) is 27.7. The molecule has 0 atom stereocenters. The number of rotatable bonds is 13. The average molecular weight is 529 g/mol. The molecule has 204 valence electrons. The second-order valence-corrected chi connectivity index (χ2v) is 9.15. The van der Waals surface area contributed by atoms with E-state index in [1.807, 2.05) is 54.6 Å². The highest BCUT2D eigenvalue weighted by Gasteiger charge is 2.17. The minimum Gasteiger partial charge on any atom is -0.497 e. The van der Waals surface area contributed by atoms with Crippen molar-refractivity contribution in [3.8, 4) is 40.2 Å². The van der Waals surface area contributed by atoms with Gasteiger partial charge in [0, 0.05) is 6.07 Å². The van der Waals surface area contributed by atoms with Gasteiger partial charge >= 0.3 is 0 Å². The zero-order valence-electron chi connectivity index (χ0n) is 23.3. The summed E-state index contributed by atoms with van der Waals surface area (Å²) < 4.78 is 34.0. The molecule has 0 fully saturated rings. The summed E-state index contributed by atoms with van der Waals surface area (Å²) in [6.07, 6.45) is 3.38. The van der Waals surface area contributed by atoms with Crippen molar-refractivity contribution in [3.63, 3.8) is 0 Å². The molecule has 0 amide bonds. The van der Waals surface area contributed by atoms with Crippen molar-refractivity contribution in [2.45, 2.75) is 25.7 Å². The average Bonchev–Trinajstić information content (AvgIpc) is 2.99. The van der Waals surface area contributed by atoms with Gasteiger partial charge in [0.15, 0.2) is 11.5 Å². The summed E-state index contributed by atoms with van der Waals surface area (Å²) in [6, 6.07) is 26.2. The van der Waals surface area contributed by atoms with Crippen LogP contribution in [-0.2, 0) is 25.7 Å². The van der Waals surface area contributed by atoms with E-state index in [0.29, 0.717) is 23.0 Å². The molecule has 4 rings (SSSR count). The van der Waals surface area contributed by atoms with Gasteiger partial charge in [-0.2, -0.15) is 0 Å². The summed E-state index contributed by atoms with van der Waals surface area (Å²) in [5, 5.41) is 0. The van der Waals surface area contributed by atoms with Gasteiger partial charge in [-0.05, 0) is 96.5 Å². The second-order valence-electron chi connectivity index (χ2n) is 9.15. The molecule has 0 saturated carbocycles. The lowest BCUT2D eigenvalue weighted by Crippen LogP contribution is -2.00. The van der Waals surface area contributed by atoms with Crippen molar-refractivity contribution in [2.24, 2.45) is 0 Å². The van der Waals surface area contributed by atoms with Crippen LogP contribution < -0.4 is 28.4 Å². The molecule has 0 heterocycles. The first-order valence-corrected chi connectivity index (χ1v) is 12.9. The number of methoxy groups -OCH3 is 5. The maximum atomic E-state index is 6.37. The van der Waals surface area contributed by atoms with E-state index in [-0.39, 0.29) is 0 Å². The predicted octanol–water partition coefficient (Wildman–Crippen LogP) is 7.09. The van der Waals surface area contributed by atoms with Gasteiger partial charge in [-0.3, -0.25) is 0 Å². The minimum atomic E-state index is 0.527. The highest BCUT2D eigenvalue weighted by atomic mass is 16.5. The molecule has 0 saturated heterocycles. The Hall–Kier alpha value is -4.32. The van der Waals surface area contributed by atoms with Crippen LogP contribution in [0.4, 0.5) is 0 Å². The van der Waals surface area contributed by atoms with E-state index in [1.54, 1.807) is 35.5 Å². The largest absolute Gasteiger partial charge is 0.497 e. The van der Waals surface area contributed by atoms with Crippen LogP contribution in [0.1, 0.15) is 22.3 Å². The first-order valence-electron chi connectivity index (χ1n) is 12.9. The highest BCUT2D eigenvalue weighted by molar-refractivity contribution is 5.56. The summed E-state index contributed by atoms with van der Waals surface area (Å²) in [4.78, 5) is 0. The molecule has 0 bridgehead atoms. The van der Waals surface area contributed by atoms with Crippen LogP contribution in [-0.4, -0.2) is 35.5 Å². The van der Waals surface area contributed by atoms with E-state index < -0.39 is 0 Å². The van der Waals surface area contributed by atoms with Crippen LogP contribution in [0.5, 0.6) is 40.2 Å². The number of hydrogen-bond acceptors (Lipinski definition) is 6. The number of ether oxygens (including phenoxy) is 6. The van der Waals surface area contributed by atoms with E-state index in [1.165, 1.54) is 11.1 Å². The third kappa shape index (κ3) is 7.38. The number of aryl methyl sites for hydroxylation is 4. The van der Waals surface area contributed by atoms with Crippen LogP contribution >= 0.6 is 0 Å². The van der Waals surface area contributed by atoms with Crippen LogP contribution in [0, 0.1) is 0 Å². The molecule has 0 radical (unpaired) electrons. The van der Waals surface area contributed by atoms with E-state index in [2.05, 4.69) is 24.3 Å². The van der Waals surface area contributed by atoms with Crippen molar-refractivity contribution < 1.29 is 28.4 Å². The van der Waals surface area contributed by atoms with Crippen LogP contribution in [0.25, 0.3) is 0 Å². The molecule has 6 nitrogen and oxygen atoms in total. The fraction of sp³-hybridized carbons (Fsp3) is 0.273. The Morgan fingerprint density at radius 3 is 1.56 bits per heavy atom. The molecule has 0 aromatic heterocycles. The van der Waals surface area contributed by atoms with Crippen molar-refractivity contribution in [1.82, 2.24) is 0 Å². The third-order valence-corrected chi connectivity index (χ3v) is 6.61. The number of hydrogen-bond donors (Lipinski definition) is 0. The first-order chi connectivity index (χ1) is 19.0. The topological polar surface area (TPSA) is 55.4 Å². The van der Waals surface area contributed by atoms with E-state index >= 15 is 0 Å². The summed E-state index contributed by atoms with van der Waals surface area (Å²) in [6.45, 7) is 0. The molecule has 0 N–H and O–H groups in total. The lowest BCUT2D eigenvalue weighted by molar-refractivity contribution is 0.344. The Bertz CT molecular complexity index is 1340. The molecule has 39 heavy (non-hydrogen) atoms. The number of benzene rings is 4. The third-order valence-electron chi connectivity index (χ3n) is 6.61. The van der Waals surface area contributed by atoms with Crippen LogP contribution in [0.3, 0.4) is 0 Å². The Morgan fingerprint density at radius 2 is 0.949 bits per heavy atom. The zero-order chi connectivity index (χ0) is 27.6. The molecule has 0 aliphatic rings. The molecular weight excluding hydrogens is 492 g/mol. The lowest BCUT2D eigenvalue weighted by Gasteiger charge is -2.17. The van der Waals surface area contributed by atoms with Crippen molar-refractivity contribution in [1.29, 1.82) is 0 Å². The van der Waals surface area contributed by atoms with Gasteiger partial charge in [0.05, 0.1) is 35.5 Å². The lowest BCUT2D eigenvalue weighted by atomic mass is 10.0. The SMILES string of the molecule is COc1ccc(CCc2cc(OC)cc(Oc3c(OC)cc(CCc4cccc(OC)c4)cc3OC)c2)cc1. The summed E-state index contributed by atoms with van der Waals surface area (Å²) in [5.74, 6) is 4.83. The van der Waals surface area contributed by atoms with Gasteiger partial charge in [-0.1, -0.05) is 24.3 Å². The standard InChI is InChI=1S/C33H36O6/c1-34-27-15-13-23(14-16-27)9-11-25-18-29(36-3)22-30(19-25)39-33-31(37-4)20-26(21-32(33)38-5)12-10-24-7-6-8-28(17-24)35-2/h6-8,13-22H,9-12H2,1-5H3. The molecular formula is C33H36O6.